The quantitative estimate of drug-likeness (QED) is 0.267. The van der Waals surface area contributed by atoms with Crippen molar-refractivity contribution in [1.82, 2.24) is 0 Å². The largest absolute Gasteiger partial charge is 0.391 e. The van der Waals surface area contributed by atoms with Gasteiger partial charge in [-0.2, -0.15) is 0 Å². The number of nitrogens with zero attached hydrogens (tertiary/aromatic N) is 1. The average molecular weight is 245 g/mol. The Bertz CT molecular complexity index is 357. The van der Waals surface area contributed by atoms with Crippen LogP contribution in [0.15, 0.2) is 48.1 Å². The second-order valence-corrected chi connectivity index (χ2v) is 4.35. The summed E-state index contributed by atoms with van der Waals surface area (Å²) in [6, 6.07) is 10.1. The van der Waals surface area contributed by atoms with E-state index in [1.165, 1.54) is 0 Å². The molecule has 0 N–H and O–H groups in total. The highest BCUT2D eigenvalue weighted by atomic mass is 16.6. The van der Waals surface area contributed by atoms with Crippen LogP contribution in [0, 0.1) is 0 Å². The van der Waals surface area contributed by atoms with E-state index in [0.717, 1.165) is 43.4 Å². The second kappa shape index (κ2) is 9.46. The maximum Gasteiger partial charge on any atom is 0.142 e. The molecule has 18 heavy (non-hydrogen) atoms. The Morgan fingerprint density at radius 2 is 2.06 bits per heavy atom. The molecule has 1 rings (SSSR count). The predicted octanol–water partition coefficient (Wildman–Crippen LogP) is 4.72. The van der Waals surface area contributed by atoms with Crippen molar-refractivity contribution in [2.45, 2.75) is 45.6 Å². The number of oxime groups is 1. The minimum absolute atomic E-state index is 0.551. The standard InChI is InChI=1S/C16H23NO/c1-3-5-7-13-16(10-4-2)17-18-14-15-11-8-6-9-12-15/h3,6,8-9,11-12H,1,4-5,7,10,13-14H2,2H3/b17-16+. The molecule has 1 aromatic rings. The first-order chi connectivity index (χ1) is 8.86. The van der Waals surface area contributed by atoms with E-state index in [1.54, 1.807) is 0 Å². The summed E-state index contributed by atoms with van der Waals surface area (Å²) >= 11 is 0. The van der Waals surface area contributed by atoms with Crippen molar-refractivity contribution in [2.24, 2.45) is 5.16 Å². The molecule has 1 aromatic carbocycles. The molecular weight excluding hydrogens is 222 g/mol. The van der Waals surface area contributed by atoms with Gasteiger partial charge in [-0.25, -0.2) is 0 Å². The lowest BCUT2D eigenvalue weighted by atomic mass is 10.1. The Labute approximate surface area is 110 Å². The van der Waals surface area contributed by atoms with Crippen LogP contribution in [-0.2, 0) is 11.4 Å². The molecule has 0 amide bonds. The molecule has 0 aliphatic rings. The maximum absolute atomic E-state index is 5.43. The number of hydrogen-bond acceptors (Lipinski definition) is 2. The Morgan fingerprint density at radius 3 is 2.72 bits per heavy atom. The number of allylic oxidation sites excluding steroid dienone is 1. The highest BCUT2D eigenvalue weighted by Crippen LogP contribution is 2.06. The van der Waals surface area contributed by atoms with Crippen molar-refractivity contribution in [3.63, 3.8) is 0 Å². The van der Waals surface area contributed by atoms with Gasteiger partial charge in [-0.05, 0) is 31.2 Å². The van der Waals surface area contributed by atoms with Gasteiger partial charge in [-0.15, -0.1) is 6.58 Å². The highest BCUT2D eigenvalue weighted by Gasteiger charge is 1.99. The maximum atomic E-state index is 5.43. The van der Waals surface area contributed by atoms with E-state index in [4.69, 9.17) is 4.84 Å². The Kier molecular flexibility index (Phi) is 7.61. The van der Waals surface area contributed by atoms with E-state index in [-0.39, 0.29) is 0 Å². The van der Waals surface area contributed by atoms with E-state index in [9.17, 15) is 0 Å². The number of hydrogen-bond donors (Lipinski definition) is 0. The normalized spacial score (nSPS) is 11.3. The fraction of sp³-hybridized carbons (Fsp3) is 0.438. The van der Waals surface area contributed by atoms with Gasteiger partial charge in [-0.3, -0.25) is 0 Å². The summed E-state index contributed by atoms with van der Waals surface area (Å²) < 4.78 is 0. The lowest BCUT2D eigenvalue weighted by molar-refractivity contribution is 0.129. The number of benzene rings is 1. The SMILES string of the molecule is C=CCCC/C(CCC)=N/OCc1ccccc1. The molecule has 0 aliphatic carbocycles. The molecule has 0 radical (unpaired) electrons. The van der Waals surface area contributed by atoms with Crippen molar-refractivity contribution in [2.75, 3.05) is 0 Å². The monoisotopic (exact) mass is 245 g/mol. The first-order valence-electron chi connectivity index (χ1n) is 6.69. The molecule has 0 spiro atoms. The third-order valence-corrected chi connectivity index (χ3v) is 2.68. The van der Waals surface area contributed by atoms with Crippen molar-refractivity contribution >= 4 is 5.71 Å². The van der Waals surface area contributed by atoms with Gasteiger partial charge in [0.25, 0.3) is 0 Å². The zero-order valence-electron chi connectivity index (χ0n) is 11.3. The molecule has 0 aromatic heterocycles. The summed E-state index contributed by atoms with van der Waals surface area (Å²) in [6.07, 6.45) is 7.25. The van der Waals surface area contributed by atoms with Gasteiger partial charge < -0.3 is 4.84 Å². The van der Waals surface area contributed by atoms with Gasteiger partial charge in [0.15, 0.2) is 0 Å². The van der Waals surface area contributed by atoms with Gasteiger partial charge in [0.05, 0.1) is 5.71 Å². The van der Waals surface area contributed by atoms with Crippen LogP contribution in [0.2, 0.25) is 0 Å². The number of unbranched alkanes of at least 4 members (excludes halogenated alkanes) is 1. The molecule has 0 saturated carbocycles. The van der Waals surface area contributed by atoms with E-state index in [1.807, 2.05) is 36.4 Å². The van der Waals surface area contributed by atoms with Gasteiger partial charge in [0.1, 0.15) is 6.61 Å². The predicted molar refractivity (Wildman–Crippen MR) is 77.6 cm³/mol. The Morgan fingerprint density at radius 1 is 1.28 bits per heavy atom. The van der Waals surface area contributed by atoms with Crippen LogP contribution >= 0.6 is 0 Å². The minimum Gasteiger partial charge on any atom is -0.391 e. The third kappa shape index (κ3) is 6.24. The molecule has 0 atom stereocenters. The fourth-order valence-corrected chi connectivity index (χ4v) is 1.73. The van der Waals surface area contributed by atoms with Gasteiger partial charge in [-0.1, -0.05) is 54.9 Å². The summed E-state index contributed by atoms with van der Waals surface area (Å²) in [7, 11) is 0. The Hall–Kier alpha value is -1.57. The van der Waals surface area contributed by atoms with Crippen LogP contribution in [0.4, 0.5) is 0 Å². The molecule has 0 aliphatic heterocycles. The topological polar surface area (TPSA) is 21.6 Å². The summed E-state index contributed by atoms with van der Waals surface area (Å²) in [5.74, 6) is 0. The third-order valence-electron chi connectivity index (χ3n) is 2.68. The van der Waals surface area contributed by atoms with Crippen molar-refractivity contribution in [3.05, 3.63) is 48.6 Å². The smallest absolute Gasteiger partial charge is 0.142 e. The number of rotatable bonds is 9. The lowest BCUT2D eigenvalue weighted by Gasteiger charge is -2.05. The van der Waals surface area contributed by atoms with Crippen LogP contribution < -0.4 is 0 Å². The van der Waals surface area contributed by atoms with Crippen LogP contribution in [0.25, 0.3) is 0 Å². The summed E-state index contributed by atoms with van der Waals surface area (Å²) in [6.45, 7) is 6.45. The van der Waals surface area contributed by atoms with Gasteiger partial charge in [0, 0.05) is 0 Å². The highest BCUT2D eigenvalue weighted by molar-refractivity contribution is 5.83. The molecular formula is C16H23NO. The van der Waals surface area contributed by atoms with Crippen molar-refractivity contribution in [3.8, 4) is 0 Å². The zero-order chi connectivity index (χ0) is 13.1. The molecule has 0 heterocycles. The van der Waals surface area contributed by atoms with Crippen LogP contribution in [0.5, 0.6) is 0 Å². The molecule has 0 bridgehead atoms. The summed E-state index contributed by atoms with van der Waals surface area (Å²) in [4.78, 5) is 5.43. The van der Waals surface area contributed by atoms with Crippen LogP contribution in [0.1, 0.15) is 44.6 Å². The van der Waals surface area contributed by atoms with E-state index in [0.29, 0.717) is 6.61 Å². The molecule has 98 valence electrons. The van der Waals surface area contributed by atoms with Crippen molar-refractivity contribution < 1.29 is 4.84 Å². The molecule has 0 fully saturated rings. The van der Waals surface area contributed by atoms with Gasteiger partial charge >= 0.3 is 0 Å². The Balaban J connectivity index is 2.37. The molecule has 2 nitrogen and oxygen atoms in total. The van der Waals surface area contributed by atoms with Crippen molar-refractivity contribution in [1.29, 1.82) is 0 Å². The van der Waals surface area contributed by atoms with E-state index >= 15 is 0 Å². The molecule has 0 unspecified atom stereocenters. The van der Waals surface area contributed by atoms with Crippen LogP contribution in [-0.4, -0.2) is 5.71 Å². The average Bonchev–Trinajstić information content (AvgIpc) is 2.40. The van der Waals surface area contributed by atoms with Crippen LogP contribution in [0.3, 0.4) is 0 Å². The summed E-state index contributed by atoms with van der Waals surface area (Å²) in [5.41, 5.74) is 2.32. The first-order valence-corrected chi connectivity index (χ1v) is 6.69. The second-order valence-electron chi connectivity index (χ2n) is 4.35. The summed E-state index contributed by atoms with van der Waals surface area (Å²) in [5, 5.41) is 4.26. The fourth-order valence-electron chi connectivity index (χ4n) is 1.73. The van der Waals surface area contributed by atoms with E-state index < -0.39 is 0 Å². The molecule has 0 saturated heterocycles. The molecule has 2 heteroatoms. The lowest BCUT2D eigenvalue weighted by Crippen LogP contribution is -1.99. The van der Waals surface area contributed by atoms with Gasteiger partial charge in [0.2, 0.25) is 0 Å². The first kappa shape index (κ1) is 14.5. The van der Waals surface area contributed by atoms with E-state index in [2.05, 4.69) is 18.7 Å². The minimum atomic E-state index is 0.551. The zero-order valence-corrected chi connectivity index (χ0v) is 11.3.